The highest BCUT2D eigenvalue weighted by molar-refractivity contribution is 5.97. The maximum Gasteiger partial charge on any atom is 0.331 e. The van der Waals surface area contributed by atoms with Gasteiger partial charge in [-0.1, -0.05) is 18.2 Å². The molecule has 0 aliphatic carbocycles. The van der Waals surface area contributed by atoms with Crippen LogP contribution in [-0.4, -0.2) is 34.2 Å². The van der Waals surface area contributed by atoms with Crippen LogP contribution in [0.4, 0.5) is 0 Å². The minimum absolute atomic E-state index is 0.350. The lowest BCUT2D eigenvalue weighted by molar-refractivity contribution is -0.145. The molecule has 0 aliphatic heterocycles. The topological polar surface area (TPSA) is 86.6 Å². The number of hydrogen-bond acceptors (Lipinski definition) is 3. The van der Waals surface area contributed by atoms with Gasteiger partial charge in [-0.3, -0.25) is 4.79 Å². The average molecular weight is 223 g/mol. The van der Waals surface area contributed by atoms with Gasteiger partial charge >= 0.3 is 5.97 Å². The SMILES string of the molecule is C[C@@](CO)(NC(=O)c1ccccc1)C(=O)O. The zero-order chi connectivity index (χ0) is 12.2. The summed E-state index contributed by atoms with van der Waals surface area (Å²) >= 11 is 0. The second-order valence-electron chi connectivity index (χ2n) is 3.62. The molecular formula is C11H13NO4. The molecule has 1 atom stereocenters. The van der Waals surface area contributed by atoms with Crippen LogP contribution < -0.4 is 5.32 Å². The molecule has 86 valence electrons. The van der Waals surface area contributed by atoms with Crippen LogP contribution in [0.15, 0.2) is 30.3 Å². The maximum atomic E-state index is 11.6. The summed E-state index contributed by atoms with van der Waals surface area (Å²) in [5.41, 5.74) is -1.31. The van der Waals surface area contributed by atoms with E-state index in [9.17, 15) is 9.59 Å². The van der Waals surface area contributed by atoms with Crippen LogP contribution in [0.2, 0.25) is 0 Å². The standard InChI is InChI=1S/C11H13NO4/c1-11(7-13,10(15)16)12-9(14)8-5-3-2-4-6-8/h2-6,13H,7H2,1H3,(H,12,14)(H,15,16)/t11-/m0/s1. The molecule has 1 aromatic rings. The normalized spacial score (nSPS) is 13.9. The van der Waals surface area contributed by atoms with E-state index in [0.717, 1.165) is 0 Å². The summed E-state index contributed by atoms with van der Waals surface area (Å²) in [4.78, 5) is 22.5. The summed E-state index contributed by atoms with van der Waals surface area (Å²) in [6.45, 7) is 0.580. The highest BCUT2D eigenvalue weighted by Crippen LogP contribution is 2.06. The van der Waals surface area contributed by atoms with Crippen molar-refractivity contribution in [2.24, 2.45) is 0 Å². The summed E-state index contributed by atoms with van der Waals surface area (Å²) in [7, 11) is 0. The molecule has 0 saturated carbocycles. The van der Waals surface area contributed by atoms with Crippen molar-refractivity contribution in [1.29, 1.82) is 0 Å². The van der Waals surface area contributed by atoms with E-state index in [1.807, 2.05) is 0 Å². The van der Waals surface area contributed by atoms with Gasteiger partial charge in [0.25, 0.3) is 5.91 Å². The maximum absolute atomic E-state index is 11.6. The first-order valence-electron chi connectivity index (χ1n) is 4.71. The van der Waals surface area contributed by atoms with Crippen LogP contribution in [0, 0.1) is 0 Å². The Morgan fingerprint density at radius 1 is 1.31 bits per heavy atom. The van der Waals surface area contributed by atoms with E-state index in [-0.39, 0.29) is 0 Å². The largest absolute Gasteiger partial charge is 0.479 e. The van der Waals surface area contributed by atoms with E-state index in [2.05, 4.69) is 5.32 Å². The van der Waals surface area contributed by atoms with Gasteiger partial charge in [0.05, 0.1) is 6.61 Å². The van der Waals surface area contributed by atoms with Crippen LogP contribution in [0.3, 0.4) is 0 Å². The van der Waals surface area contributed by atoms with E-state index < -0.39 is 24.0 Å². The number of nitrogens with one attached hydrogen (secondary N) is 1. The lowest BCUT2D eigenvalue weighted by Gasteiger charge is -2.23. The fourth-order valence-electron chi connectivity index (χ4n) is 1.07. The Morgan fingerprint density at radius 2 is 1.88 bits per heavy atom. The molecule has 0 aromatic heterocycles. The fraction of sp³-hybridized carbons (Fsp3) is 0.273. The number of carbonyl (C=O) groups is 2. The molecule has 5 heteroatoms. The first kappa shape index (κ1) is 12.2. The van der Waals surface area contributed by atoms with Gasteiger partial charge < -0.3 is 15.5 Å². The van der Waals surface area contributed by atoms with Crippen LogP contribution >= 0.6 is 0 Å². The minimum Gasteiger partial charge on any atom is -0.479 e. The third-order valence-electron chi connectivity index (χ3n) is 2.21. The molecule has 0 radical (unpaired) electrons. The second-order valence-corrected chi connectivity index (χ2v) is 3.62. The lowest BCUT2D eigenvalue weighted by Crippen LogP contribution is -2.54. The predicted molar refractivity (Wildman–Crippen MR) is 57.0 cm³/mol. The van der Waals surface area contributed by atoms with E-state index in [4.69, 9.17) is 10.2 Å². The molecule has 5 nitrogen and oxygen atoms in total. The average Bonchev–Trinajstić information content (AvgIpc) is 2.29. The predicted octanol–water partition coefficient (Wildman–Crippen LogP) is 0.252. The van der Waals surface area contributed by atoms with Gasteiger partial charge in [0, 0.05) is 5.56 Å². The minimum atomic E-state index is -1.66. The fourth-order valence-corrected chi connectivity index (χ4v) is 1.07. The Morgan fingerprint density at radius 3 is 2.31 bits per heavy atom. The monoisotopic (exact) mass is 223 g/mol. The van der Waals surface area contributed by atoms with Crippen LogP contribution in [-0.2, 0) is 4.79 Å². The quantitative estimate of drug-likeness (QED) is 0.683. The Kier molecular flexibility index (Phi) is 3.63. The number of rotatable bonds is 4. The van der Waals surface area contributed by atoms with Crippen LogP contribution in [0.1, 0.15) is 17.3 Å². The molecule has 0 heterocycles. The molecule has 1 aromatic carbocycles. The number of carbonyl (C=O) groups excluding carboxylic acids is 1. The highest BCUT2D eigenvalue weighted by Gasteiger charge is 2.34. The van der Waals surface area contributed by atoms with Crippen molar-refractivity contribution in [2.45, 2.75) is 12.5 Å². The highest BCUT2D eigenvalue weighted by atomic mass is 16.4. The number of carboxylic acid groups (broad SMARTS) is 1. The van der Waals surface area contributed by atoms with Crippen molar-refractivity contribution in [1.82, 2.24) is 5.32 Å². The van der Waals surface area contributed by atoms with Gasteiger partial charge in [0.1, 0.15) is 0 Å². The van der Waals surface area contributed by atoms with Gasteiger partial charge in [-0.15, -0.1) is 0 Å². The third kappa shape index (κ3) is 2.58. The lowest BCUT2D eigenvalue weighted by atomic mass is 10.0. The molecule has 0 spiro atoms. The van der Waals surface area contributed by atoms with Gasteiger partial charge in [0.15, 0.2) is 5.54 Å². The van der Waals surface area contributed by atoms with Crippen molar-refractivity contribution >= 4 is 11.9 Å². The Bertz CT molecular complexity index is 390. The van der Waals surface area contributed by atoms with Crippen molar-refractivity contribution < 1.29 is 19.8 Å². The van der Waals surface area contributed by atoms with Crippen molar-refractivity contribution in [3.63, 3.8) is 0 Å². The number of aliphatic carboxylic acids is 1. The third-order valence-corrected chi connectivity index (χ3v) is 2.21. The number of aliphatic hydroxyl groups is 1. The molecule has 16 heavy (non-hydrogen) atoms. The number of hydrogen-bond donors (Lipinski definition) is 3. The van der Waals surface area contributed by atoms with E-state index in [0.29, 0.717) is 5.56 Å². The molecule has 0 saturated heterocycles. The van der Waals surface area contributed by atoms with E-state index in [1.54, 1.807) is 30.3 Å². The Balaban J connectivity index is 2.82. The van der Waals surface area contributed by atoms with E-state index >= 15 is 0 Å². The molecule has 0 unspecified atom stereocenters. The van der Waals surface area contributed by atoms with Crippen molar-refractivity contribution in [3.05, 3.63) is 35.9 Å². The number of carboxylic acids is 1. The summed E-state index contributed by atoms with van der Waals surface area (Å²) in [6.07, 6.45) is 0. The van der Waals surface area contributed by atoms with Gasteiger partial charge in [-0.05, 0) is 19.1 Å². The smallest absolute Gasteiger partial charge is 0.331 e. The first-order chi connectivity index (χ1) is 7.49. The van der Waals surface area contributed by atoms with E-state index in [1.165, 1.54) is 6.92 Å². The zero-order valence-electron chi connectivity index (χ0n) is 8.80. The Hall–Kier alpha value is -1.88. The molecule has 1 amide bonds. The summed E-state index contributed by atoms with van der Waals surface area (Å²) in [6, 6.07) is 8.22. The molecule has 3 N–H and O–H groups in total. The molecule has 0 fully saturated rings. The first-order valence-corrected chi connectivity index (χ1v) is 4.71. The Labute approximate surface area is 92.7 Å². The summed E-state index contributed by atoms with van der Waals surface area (Å²) in [5.74, 6) is -1.81. The second kappa shape index (κ2) is 4.76. The summed E-state index contributed by atoms with van der Waals surface area (Å²) in [5, 5.41) is 20.1. The summed E-state index contributed by atoms with van der Waals surface area (Å²) < 4.78 is 0. The van der Waals surface area contributed by atoms with Gasteiger partial charge in [-0.25, -0.2) is 4.79 Å². The molecule has 0 aliphatic rings. The number of amides is 1. The molecular weight excluding hydrogens is 210 g/mol. The van der Waals surface area contributed by atoms with Gasteiger partial charge in [0.2, 0.25) is 0 Å². The van der Waals surface area contributed by atoms with Crippen LogP contribution in [0.25, 0.3) is 0 Å². The van der Waals surface area contributed by atoms with Gasteiger partial charge in [-0.2, -0.15) is 0 Å². The zero-order valence-corrected chi connectivity index (χ0v) is 8.80. The van der Waals surface area contributed by atoms with Crippen molar-refractivity contribution in [2.75, 3.05) is 6.61 Å². The number of benzene rings is 1. The van der Waals surface area contributed by atoms with Crippen LogP contribution in [0.5, 0.6) is 0 Å². The van der Waals surface area contributed by atoms with Crippen molar-refractivity contribution in [3.8, 4) is 0 Å². The molecule has 1 rings (SSSR count). The number of aliphatic hydroxyl groups excluding tert-OH is 1. The molecule has 0 bridgehead atoms.